The third-order valence-electron chi connectivity index (χ3n) is 3.12. The number of nitrogens with two attached hydrogens (primary N) is 4. The van der Waals surface area contributed by atoms with Crippen LogP contribution in [0.2, 0.25) is 0 Å². The summed E-state index contributed by atoms with van der Waals surface area (Å²) in [7, 11) is 0. The van der Waals surface area contributed by atoms with Gasteiger partial charge in [0.2, 0.25) is 0 Å². The number of guanidine groups is 2. The molecule has 2 amide bonds. The van der Waals surface area contributed by atoms with Crippen LogP contribution in [0.4, 0.5) is 0 Å². The van der Waals surface area contributed by atoms with Crippen LogP contribution < -0.4 is 22.9 Å². The molecule has 0 heterocycles. The lowest BCUT2D eigenvalue weighted by molar-refractivity contribution is -0.115. The van der Waals surface area contributed by atoms with Crippen molar-refractivity contribution in [3.8, 4) is 0 Å². The second kappa shape index (κ2) is 15.9. The molecular weight excluding hydrogens is 598 g/mol. The monoisotopic (exact) mass is 626 g/mol. The van der Waals surface area contributed by atoms with E-state index in [1.165, 1.54) is 0 Å². The molecule has 10 heteroatoms. The fourth-order valence-electron chi connectivity index (χ4n) is 1.95. The van der Waals surface area contributed by atoms with Crippen molar-refractivity contribution < 1.29 is 9.59 Å². The van der Waals surface area contributed by atoms with Gasteiger partial charge in [0.1, 0.15) is 0 Å². The average molecular weight is 626 g/mol. The zero-order valence-corrected chi connectivity index (χ0v) is 21.5. The summed E-state index contributed by atoms with van der Waals surface area (Å²) in [6.45, 7) is 5.11. The van der Waals surface area contributed by atoms with Crippen molar-refractivity contribution in [2.75, 3.05) is 9.86 Å². The van der Waals surface area contributed by atoms with Crippen molar-refractivity contribution in [1.29, 1.82) is 0 Å². The van der Waals surface area contributed by atoms with E-state index >= 15 is 0 Å². The molecule has 0 aromatic heterocycles. The Labute approximate surface area is 199 Å². The van der Waals surface area contributed by atoms with Crippen molar-refractivity contribution >= 4 is 81.1 Å². The van der Waals surface area contributed by atoms with Gasteiger partial charge in [-0.1, -0.05) is 68.9 Å². The SMILES string of the molecule is C/C(=C\c1ccc(C)cc1/C=C(\C)C(=O)N=C(N)N)C(=O)N=C(N)N.CI.CI. The van der Waals surface area contributed by atoms with Crippen molar-refractivity contribution in [3.63, 3.8) is 0 Å². The van der Waals surface area contributed by atoms with E-state index in [-0.39, 0.29) is 11.9 Å². The van der Waals surface area contributed by atoms with Crippen LogP contribution in [0.1, 0.15) is 30.5 Å². The van der Waals surface area contributed by atoms with Crippen molar-refractivity contribution in [2.24, 2.45) is 32.9 Å². The third-order valence-corrected chi connectivity index (χ3v) is 3.12. The maximum absolute atomic E-state index is 11.9. The minimum absolute atomic E-state index is 0.305. The molecule has 0 unspecified atom stereocenters. The molecule has 0 fully saturated rings. The number of nitrogens with zero attached hydrogens (tertiary/aromatic N) is 2. The predicted molar refractivity (Wildman–Crippen MR) is 140 cm³/mol. The van der Waals surface area contributed by atoms with Gasteiger partial charge in [-0.05, 0) is 53.9 Å². The van der Waals surface area contributed by atoms with E-state index in [0.29, 0.717) is 11.1 Å². The number of aliphatic imine (C=N–C) groups is 2. The highest BCUT2D eigenvalue weighted by Crippen LogP contribution is 2.19. The fraction of sp³-hybridized carbons (Fsp3) is 0.263. The van der Waals surface area contributed by atoms with Crippen LogP contribution in [0.15, 0.2) is 39.3 Å². The van der Waals surface area contributed by atoms with E-state index in [4.69, 9.17) is 22.9 Å². The molecule has 160 valence electrons. The Morgan fingerprint density at radius 1 is 0.793 bits per heavy atom. The Bertz CT molecular complexity index is 822. The Balaban J connectivity index is 0. The van der Waals surface area contributed by atoms with Gasteiger partial charge in [-0.2, -0.15) is 9.98 Å². The Kier molecular flexibility index (Phi) is 16.0. The number of benzene rings is 1. The van der Waals surface area contributed by atoms with Gasteiger partial charge in [0.15, 0.2) is 11.9 Å². The summed E-state index contributed by atoms with van der Waals surface area (Å²) in [5.74, 6) is -1.69. The normalized spacial score (nSPS) is 10.4. The standard InChI is InChI=1S/C17H22N6O2.2CH3I/c1-9-4-5-12(7-10(2)14(24)22-16(18)19)13(6-9)8-11(3)15(25)23-17(20)21;2*1-2/h4-8H,1-3H3,(H4,18,19,22,24)(H4,20,21,23,25);2*1H3/b10-7+,11-8+;;. The van der Waals surface area contributed by atoms with Crippen molar-refractivity contribution in [3.05, 3.63) is 46.0 Å². The summed E-state index contributed by atoms with van der Waals surface area (Å²) < 4.78 is 0. The Morgan fingerprint density at radius 2 is 1.17 bits per heavy atom. The molecule has 0 saturated carbocycles. The van der Waals surface area contributed by atoms with Crippen LogP contribution in [-0.4, -0.2) is 33.6 Å². The van der Waals surface area contributed by atoms with Gasteiger partial charge in [-0.3, -0.25) is 9.59 Å². The van der Waals surface area contributed by atoms with Crippen molar-refractivity contribution in [2.45, 2.75) is 20.8 Å². The Hall–Kier alpha value is -1.96. The van der Waals surface area contributed by atoms with Crippen LogP contribution >= 0.6 is 45.2 Å². The largest absolute Gasteiger partial charge is 0.370 e. The lowest BCUT2D eigenvalue weighted by atomic mass is 10.00. The molecule has 29 heavy (non-hydrogen) atoms. The number of aryl methyl sites for hydroxylation is 1. The first-order valence-corrected chi connectivity index (χ1v) is 12.4. The third kappa shape index (κ3) is 12.3. The second-order valence-corrected chi connectivity index (χ2v) is 5.47. The molecule has 8 nitrogen and oxygen atoms in total. The number of hydrogen-bond donors (Lipinski definition) is 4. The molecule has 0 radical (unpaired) electrons. The summed E-state index contributed by atoms with van der Waals surface area (Å²) in [6.07, 6.45) is 3.28. The molecule has 1 aromatic carbocycles. The van der Waals surface area contributed by atoms with E-state index in [2.05, 4.69) is 55.2 Å². The van der Waals surface area contributed by atoms with Gasteiger partial charge >= 0.3 is 0 Å². The maximum Gasteiger partial charge on any atom is 0.275 e. The minimum atomic E-state index is -0.538. The highest BCUT2D eigenvalue weighted by molar-refractivity contribution is 14.1. The lowest BCUT2D eigenvalue weighted by Crippen LogP contribution is -2.24. The molecule has 0 aliphatic carbocycles. The zero-order valence-electron chi connectivity index (χ0n) is 17.2. The van der Waals surface area contributed by atoms with E-state index in [1.54, 1.807) is 26.0 Å². The molecule has 0 saturated heterocycles. The molecule has 8 N–H and O–H groups in total. The zero-order chi connectivity index (χ0) is 23.1. The second-order valence-electron chi connectivity index (χ2n) is 5.47. The lowest BCUT2D eigenvalue weighted by Gasteiger charge is -2.06. The first-order chi connectivity index (χ1) is 13.6. The molecule has 0 aliphatic heterocycles. The Morgan fingerprint density at radius 3 is 1.55 bits per heavy atom. The fourth-order valence-corrected chi connectivity index (χ4v) is 1.95. The number of carbonyl (C=O) groups excluding carboxylic acids is 2. The van der Waals surface area contributed by atoms with E-state index in [0.717, 1.165) is 16.7 Å². The number of halogens is 2. The molecule has 0 spiro atoms. The van der Waals surface area contributed by atoms with Crippen LogP contribution in [-0.2, 0) is 9.59 Å². The molecule has 0 bridgehead atoms. The summed E-state index contributed by atoms with van der Waals surface area (Å²) in [5, 5.41) is 0. The highest BCUT2D eigenvalue weighted by atomic mass is 127. The molecule has 0 atom stereocenters. The van der Waals surface area contributed by atoms with Gasteiger partial charge in [-0.15, -0.1) is 0 Å². The summed E-state index contributed by atoms with van der Waals surface area (Å²) in [6, 6.07) is 5.58. The number of alkyl halides is 2. The number of carbonyl (C=O) groups is 2. The predicted octanol–water partition coefficient (Wildman–Crippen LogP) is 2.50. The summed E-state index contributed by atoms with van der Waals surface area (Å²) in [5.41, 5.74) is 24.0. The van der Waals surface area contributed by atoms with Crippen molar-refractivity contribution in [1.82, 2.24) is 0 Å². The van der Waals surface area contributed by atoms with E-state index < -0.39 is 11.8 Å². The first-order valence-electron chi connectivity index (χ1n) is 8.11. The first kappa shape index (κ1) is 29.2. The summed E-state index contributed by atoms with van der Waals surface area (Å²) >= 11 is 4.30. The highest BCUT2D eigenvalue weighted by Gasteiger charge is 2.08. The average Bonchev–Trinajstić information content (AvgIpc) is 2.66. The van der Waals surface area contributed by atoms with Crippen LogP contribution in [0.25, 0.3) is 12.2 Å². The van der Waals surface area contributed by atoms with E-state index in [9.17, 15) is 9.59 Å². The minimum Gasteiger partial charge on any atom is -0.370 e. The molecule has 0 aliphatic rings. The van der Waals surface area contributed by atoms with Crippen LogP contribution in [0.3, 0.4) is 0 Å². The van der Waals surface area contributed by atoms with Crippen LogP contribution in [0.5, 0.6) is 0 Å². The maximum atomic E-state index is 11.9. The van der Waals surface area contributed by atoms with Gasteiger partial charge < -0.3 is 22.9 Å². The number of hydrogen-bond acceptors (Lipinski definition) is 2. The topological polar surface area (TPSA) is 163 Å². The molecule has 1 rings (SSSR count). The van der Waals surface area contributed by atoms with Crippen LogP contribution in [0, 0.1) is 6.92 Å². The van der Waals surface area contributed by atoms with Gasteiger partial charge in [0.25, 0.3) is 11.8 Å². The van der Waals surface area contributed by atoms with Gasteiger partial charge in [-0.25, -0.2) is 0 Å². The number of rotatable bonds is 4. The molecule has 1 aromatic rings. The molecular formula is C19H28I2N6O2. The van der Waals surface area contributed by atoms with Gasteiger partial charge in [0, 0.05) is 11.1 Å². The van der Waals surface area contributed by atoms with Gasteiger partial charge in [0.05, 0.1) is 0 Å². The number of amides is 2. The summed E-state index contributed by atoms with van der Waals surface area (Å²) in [4.78, 5) is 34.7. The smallest absolute Gasteiger partial charge is 0.275 e. The van der Waals surface area contributed by atoms with E-state index in [1.807, 2.05) is 35.0 Å². The quantitative estimate of drug-likeness (QED) is 0.132.